The molecule has 0 aliphatic rings. The standard InChI is InChI=1S/C8H8N2OS/c1-6-3-7(12-5-9)8(11)10(2)4-6/h3-4H,1-2H3. The Kier molecular flexibility index (Phi) is 2.56. The van der Waals surface area contributed by atoms with Gasteiger partial charge in [0.25, 0.3) is 5.56 Å². The summed E-state index contributed by atoms with van der Waals surface area (Å²) in [4.78, 5) is 11.8. The lowest BCUT2D eigenvalue weighted by molar-refractivity contribution is 0.824. The van der Waals surface area contributed by atoms with Gasteiger partial charge < -0.3 is 4.57 Å². The molecule has 12 heavy (non-hydrogen) atoms. The highest BCUT2D eigenvalue weighted by molar-refractivity contribution is 8.03. The van der Waals surface area contributed by atoms with E-state index in [1.807, 2.05) is 12.3 Å². The molecule has 0 bridgehead atoms. The van der Waals surface area contributed by atoms with Crippen LogP contribution >= 0.6 is 11.8 Å². The Morgan fingerprint density at radius 1 is 1.67 bits per heavy atom. The van der Waals surface area contributed by atoms with Crippen molar-refractivity contribution in [3.63, 3.8) is 0 Å². The van der Waals surface area contributed by atoms with Crippen LogP contribution in [0.4, 0.5) is 0 Å². The third-order valence-electron chi connectivity index (χ3n) is 1.44. The number of thiocyanates is 1. The first kappa shape index (κ1) is 8.88. The molecule has 0 spiro atoms. The first-order valence-electron chi connectivity index (χ1n) is 3.38. The SMILES string of the molecule is Cc1cc(SC#N)c(=O)n(C)c1. The van der Waals surface area contributed by atoms with E-state index in [2.05, 4.69) is 0 Å². The minimum Gasteiger partial charge on any atom is -0.317 e. The number of aryl methyl sites for hydroxylation is 2. The number of hydrogen-bond acceptors (Lipinski definition) is 3. The Bertz CT molecular complexity index is 389. The Hall–Kier alpha value is -1.21. The van der Waals surface area contributed by atoms with Gasteiger partial charge >= 0.3 is 0 Å². The molecule has 0 aromatic carbocycles. The van der Waals surface area contributed by atoms with E-state index in [4.69, 9.17) is 5.26 Å². The molecule has 0 unspecified atom stereocenters. The molecule has 1 aromatic rings. The molecular formula is C8H8N2OS. The lowest BCUT2D eigenvalue weighted by Crippen LogP contribution is -2.17. The lowest BCUT2D eigenvalue weighted by atomic mass is 10.3. The highest BCUT2D eigenvalue weighted by atomic mass is 32.2. The number of nitrogens with zero attached hydrogens (tertiary/aromatic N) is 2. The first-order chi connectivity index (χ1) is 5.65. The van der Waals surface area contributed by atoms with Crippen LogP contribution in [0.3, 0.4) is 0 Å². The number of rotatable bonds is 1. The van der Waals surface area contributed by atoms with E-state index in [0.29, 0.717) is 4.90 Å². The summed E-state index contributed by atoms with van der Waals surface area (Å²) in [6.45, 7) is 1.89. The summed E-state index contributed by atoms with van der Waals surface area (Å²) in [6, 6.07) is 1.72. The first-order valence-corrected chi connectivity index (χ1v) is 4.20. The van der Waals surface area contributed by atoms with Gasteiger partial charge in [0.2, 0.25) is 0 Å². The van der Waals surface area contributed by atoms with Crippen LogP contribution < -0.4 is 5.56 Å². The van der Waals surface area contributed by atoms with Crippen molar-refractivity contribution in [1.29, 1.82) is 5.26 Å². The number of nitriles is 1. The van der Waals surface area contributed by atoms with Crippen LogP contribution in [0.15, 0.2) is 22.0 Å². The molecular weight excluding hydrogens is 172 g/mol. The minimum atomic E-state index is -0.118. The average Bonchev–Trinajstić information content (AvgIpc) is 2.00. The molecule has 0 atom stereocenters. The van der Waals surface area contributed by atoms with E-state index in [1.54, 1.807) is 19.3 Å². The average molecular weight is 180 g/mol. The highest BCUT2D eigenvalue weighted by Gasteiger charge is 2.01. The summed E-state index contributed by atoms with van der Waals surface area (Å²) < 4.78 is 1.48. The van der Waals surface area contributed by atoms with E-state index < -0.39 is 0 Å². The van der Waals surface area contributed by atoms with Crippen LogP contribution in [0, 0.1) is 17.6 Å². The molecule has 0 aliphatic carbocycles. The number of aromatic nitrogens is 1. The molecule has 0 amide bonds. The molecule has 0 saturated heterocycles. The van der Waals surface area contributed by atoms with Crippen LogP contribution in [0.2, 0.25) is 0 Å². The maximum atomic E-state index is 11.3. The van der Waals surface area contributed by atoms with Crippen molar-refractivity contribution in [3.05, 3.63) is 28.2 Å². The second kappa shape index (κ2) is 3.46. The quantitative estimate of drug-likeness (QED) is 0.483. The Morgan fingerprint density at radius 2 is 2.33 bits per heavy atom. The van der Waals surface area contributed by atoms with Crippen molar-refractivity contribution in [2.75, 3.05) is 0 Å². The monoisotopic (exact) mass is 180 g/mol. The van der Waals surface area contributed by atoms with Crippen molar-refractivity contribution in [3.8, 4) is 5.40 Å². The fraction of sp³-hybridized carbons (Fsp3) is 0.250. The molecule has 4 heteroatoms. The van der Waals surface area contributed by atoms with Gasteiger partial charge in [-0.05, 0) is 30.3 Å². The van der Waals surface area contributed by atoms with Gasteiger partial charge in [0.05, 0.1) is 4.90 Å². The molecule has 0 aliphatic heterocycles. The summed E-state index contributed by atoms with van der Waals surface area (Å²) >= 11 is 0.902. The minimum absolute atomic E-state index is 0.118. The van der Waals surface area contributed by atoms with Gasteiger partial charge in [-0.15, -0.1) is 0 Å². The van der Waals surface area contributed by atoms with Gasteiger partial charge in [0.1, 0.15) is 5.40 Å². The molecule has 3 nitrogen and oxygen atoms in total. The van der Waals surface area contributed by atoms with Crippen LogP contribution in [0.25, 0.3) is 0 Å². The number of thioether (sulfide) groups is 1. The molecule has 0 radical (unpaired) electrons. The number of pyridine rings is 1. The topological polar surface area (TPSA) is 45.8 Å². The van der Waals surface area contributed by atoms with Gasteiger partial charge in [0, 0.05) is 13.2 Å². The Labute approximate surface area is 74.6 Å². The third kappa shape index (κ3) is 1.69. The molecule has 1 rings (SSSR count). The lowest BCUT2D eigenvalue weighted by Gasteiger charge is -2.00. The summed E-state index contributed by atoms with van der Waals surface area (Å²) in [5.41, 5.74) is 0.863. The largest absolute Gasteiger partial charge is 0.317 e. The maximum absolute atomic E-state index is 11.3. The predicted molar refractivity (Wildman–Crippen MR) is 47.9 cm³/mol. The van der Waals surface area contributed by atoms with Crippen LogP contribution in [0.5, 0.6) is 0 Å². The maximum Gasteiger partial charge on any atom is 0.265 e. The number of hydrogen-bond donors (Lipinski definition) is 0. The summed E-state index contributed by atoms with van der Waals surface area (Å²) in [5, 5.41) is 10.3. The van der Waals surface area contributed by atoms with Crippen molar-refractivity contribution in [2.24, 2.45) is 7.05 Å². The second-order valence-electron chi connectivity index (χ2n) is 2.49. The fourth-order valence-electron chi connectivity index (χ4n) is 0.966. The fourth-order valence-corrected chi connectivity index (χ4v) is 1.54. The molecule has 1 heterocycles. The Morgan fingerprint density at radius 3 is 2.92 bits per heavy atom. The molecule has 0 fully saturated rings. The zero-order valence-electron chi connectivity index (χ0n) is 6.87. The van der Waals surface area contributed by atoms with Crippen LogP contribution in [0.1, 0.15) is 5.56 Å². The zero-order chi connectivity index (χ0) is 9.14. The molecule has 1 aromatic heterocycles. The molecule has 62 valence electrons. The summed E-state index contributed by atoms with van der Waals surface area (Å²) in [7, 11) is 1.68. The van der Waals surface area contributed by atoms with E-state index >= 15 is 0 Å². The van der Waals surface area contributed by atoms with Gasteiger partial charge in [0.15, 0.2) is 0 Å². The van der Waals surface area contributed by atoms with Gasteiger partial charge in [-0.25, -0.2) is 0 Å². The smallest absolute Gasteiger partial charge is 0.265 e. The highest BCUT2D eigenvalue weighted by Crippen LogP contribution is 2.11. The van der Waals surface area contributed by atoms with Gasteiger partial charge in [-0.3, -0.25) is 4.79 Å². The molecule has 0 N–H and O–H groups in total. The van der Waals surface area contributed by atoms with Crippen molar-refractivity contribution in [2.45, 2.75) is 11.8 Å². The van der Waals surface area contributed by atoms with E-state index in [9.17, 15) is 4.79 Å². The normalized spacial score (nSPS) is 9.42. The van der Waals surface area contributed by atoms with Crippen molar-refractivity contribution >= 4 is 11.8 Å². The van der Waals surface area contributed by atoms with Gasteiger partial charge in [-0.2, -0.15) is 5.26 Å². The van der Waals surface area contributed by atoms with E-state index in [1.165, 1.54) is 4.57 Å². The van der Waals surface area contributed by atoms with Crippen LogP contribution in [-0.4, -0.2) is 4.57 Å². The van der Waals surface area contributed by atoms with E-state index in [-0.39, 0.29) is 5.56 Å². The second-order valence-corrected chi connectivity index (χ2v) is 3.32. The van der Waals surface area contributed by atoms with E-state index in [0.717, 1.165) is 17.3 Å². The molecule has 0 saturated carbocycles. The Balaban J connectivity index is 3.30. The third-order valence-corrected chi connectivity index (χ3v) is 2.05. The van der Waals surface area contributed by atoms with Crippen molar-refractivity contribution < 1.29 is 0 Å². The summed E-state index contributed by atoms with van der Waals surface area (Å²) in [5.74, 6) is 0. The van der Waals surface area contributed by atoms with Crippen LogP contribution in [-0.2, 0) is 7.05 Å². The van der Waals surface area contributed by atoms with Gasteiger partial charge in [-0.1, -0.05) is 0 Å². The predicted octanol–water partition coefficient (Wildman–Crippen LogP) is 1.27. The summed E-state index contributed by atoms with van der Waals surface area (Å²) in [6.07, 6.45) is 1.74. The van der Waals surface area contributed by atoms with Crippen molar-refractivity contribution in [1.82, 2.24) is 4.57 Å². The zero-order valence-corrected chi connectivity index (χ0v) is 7.68.